The van der Waals surface area contributed by atoms with E-state index in [1.54, 1.807) is 7.11 Å². The summed E-state index contributed by atoms with van der Waals surface area (Å²) in [6.07, 6.45) is 1.04. The van der Waals surface area contributed by atoms with Crippen LogP contribution in [0, 0.1) is 0 Å². The second-order valence-corrected chi connectivity index (χ2v) is 4.66. The fourth-order valence-corrected chi connectivity index (χ4v) is 1.54. The third-order valence-electron chi connectivity index (χ3n) is 1.40. The molecule has 0 aliphatic carbocycles. The molecule has 3 nitrogen and oxygen atoms in total. The lowest BCUT2D eigenvalue weighted by molar-refractivity contribution is 0.0924. The summed E-state index contributed by atoms with van der Waals surface area (Å²) in [5, 5.41) is 8.38. The van der Waals surface area contributed by atoms with E-state index in [1.165, 1.54) is 0 Å². The van der Waals surface area contributed by atoms with Crippen LogP contribution < -0.4 is 0 Å². The minimum atomic E-state index is -0.559. The van der Waals surface area contributed by atoms with Crippen molar-refractivity contribution in [3.63, 3.8) is 0 Å². The Balaban J connectivity index is 2.89. The summed E-state index contributed by atoms with van der Waals surface area (Å²) in [6, 6.07) is 1.12. The molecule has 0 aromatic carbocycles. The summed E-state index contributed by atoms with van der Waals surface area (Å²) < 4.78 is 10.2. The van der Waals surface area contributed by atoms with E-state index in [0.29, 0.717) is 6.61 Å². The lowest BCUT2D eigenvalue weighted by Gasteiger charge is -2.05. The zero-order chi connectivity index (χ0) is 8.53. The lowest BCUT2D eigenvalue weighted by atomic mass is 10.5. The third kappa shape index (κ3) is 8.00. The van der Waals surface area contributed by atoms with E-state index in [9.17, 15) is 0 Å². The van der Waals surface area contributed by atoms with E-state index < -0.39 is 9.04 Å². The molecule has 1 N–H and O–H groups in total. The molecule has 0 bridgehead atoms. The van der Waals surface area contributed by atoms with Gasteiger partial charge in [-0.15, -0.1) is 0 Å². The number of ether oxygens (including phenoxy) is 1. The van der Waals surface area contributed by atoms with Gasteiger partial charge in [-0.3, -0.25) is 0 Å². The SMILES string of the molecule is CO[Si](C)CCCOCCO. The number of rotatable bonds is 7. The highest BCUT2D eigenvalue weighted by Gasteiger charge is 2.01. The van der Waals surface area contributed by atoms with Crippen LogP contribution in [0.3, 0.4) is 0 Å². The van der Waals surface area contributed by atoms with Crippen molar-refractivity contribution in [2.75, 3.05) is 26.9 Å². The number of aliphatic hydroxyl groups excluding tert-OH is 1. The molecule has 11 heavy (non-hydrogen) atoms. The molecule has 0 spiro atoms. The molecule has 0 rings (SSSR count). The average Bonchev–Trinajstić information content (AvgIpc) is 2.04. The van der Waals surface area contributed by atoms with Crippen molar-refractivity contribution >= 4 is 9.04 Å². The Bertz CT molecular complexity index is 80.1. The Morgan fingerprint density at radius 3 is 2.64 bits per heavy atom. The standard InChI is InChI=1S/C7H17O3Si/c1-9-11(2)7-3-5-10-6-4-8/h8H,3-7H2,1-2H3. The van der Waals surface area contributed by atoms with Crippen molar-refractivity contribution in [1.29, 1.82) is 0 Å². The number of hydrogen-bond acceptors (Lipinski definition) is 3. The van der Waals surface area contributed by atoms with Gasteiger partial charge in [-0.05, 0) is 19.0 Å². The van der Waals surface area contributed by atoms with Crippen molar-refractivity contribution in [3.8, 4) is 0 Å². The normalized spacial score (nSPS) is 10.9. The summed E-state index contributed by atoms with van der Waals surface area (Å²) in [5.41, 5.74) is 0. The van der Waals surface area contributed by atoms with Crippen molar-refractivity contribution in [2.45, 2.75) is 19.0 Å². The molecule has 1 radical (unpaired) electrons. The van der Waals surface area contributed by atoms with Gasteiger partial charge in [0, 0.05) is 13.7 Å². The zero-order valence-electron chi connectivity index (χ0n) is 7.30. The first-order valence-electron chi connectivity index (χ1n) is 3.86. The largest absolute Gasteiger partial charge is 0.420 e. The van der Waals surface area contributed by atoms with Gasteiger partial charge in [0.1, 0.15) is 0 Å². The highest BCUT2D eigenvalue weighted by molar-refractivity contribution is 6.50. The smallest absolute Gasteiger partial charge is 0.207 e. The highest BCUT2D eigenvalue weighted by atomic mass is 28.3. The predicted molar refractivity (Wildman–Crippen MR) is 46.0 cm³/mol. The Labute approximate surface area is 70.1 Å². The molecule has 0 aromatic heterocycles. The molecule has 0 saturated carbocycles. The van der Waals surface area contributed by atoms with Gasteiger partial charge in [0.2, 0.25) is 9.04 Å². The summed E-state index contributed by atoms with van der Waals surface area (Å²) in [7, 11) is 1.19. The molecular weight excluding hydrogens is 160 g/mol. The molecule has 67 valence electrons. The third-order valence-corrected chi connectivity index (χ3v) is 3.16. The van der Waals surface area contributed by atoms with Gasteiger partial charge in [0.15, 0.2) is 0 Å². The molecule has 0 saturated heterocycles. The Hall–Kier alpha value is 0.0969. The Kier molecular flexibility index (Phi) is 8.27. The van der Waals surface area contributed by atoms with Crippen LogP contribution in [0.15, 0.2) is 0 Å². The average molecular weight is 177 g/mol. The second-order valence-electron chi connectivity index (χ2n) is 2.35. The maximum absolute atomic E-state index is 8.38. The van der Waals surface area contributed by atoms with Gasteiger partial charge in [-0.2, -0.15) is 0 Å². The maximum atomic E-state index is 8.38. The monoisotopic (exact) mass is 177 g/mol. The number of aliphatic hydroxyl groups is 1. The minimum Gasteiger partial charge on any atom is -0.420 e. The molecule has 0 unspecified atom stereocenters. The Morgan fingerprint density at radius 2 is 2.09 bits per heavy atom. The van der Waals surface area contributed by atoms with Gasteiger partial charge in [0.25, 0.3) is 0 Å². The first-order valence-corrected chi connectivity index (χ1v) is 5.97. The molecule has 0 atom stereocenters. The fourth-order valence-electron chi connectivity index (χ4n) is 0.692. The zero-order valence-corrected chi connectivity index (χ0v) is 8.30. The van der Waals surface area contributed by atoms with Crippen LogP contribution in [-0.4, -0.2) is 41.1 Å². The van der Waals surface area contributed by atoms with Crippen LogP contribution in [0.2, 0.25) is 12.6 Å². The van der Waals surface area contributed by atoms with Crippen LogP contribution in [0.5, 0.6) is 0 Å². The first kappa shape index (κ1) is 11.1. The molecular formula is C7H17O3Si. The first-order chi connectivity index (χ1) is 5.31. The van der Waals surface area contributed by atoms with Gasteiger partial charge in [-0.25, -0.2) is 0 Å². The topological polar surface area (TPSA) is 38.7 Å². The molecule has 0 heterocycles. The van der Waals surface area contributed by atoms with E-state index in [1.807, 2.05) is 0 Å². The van der Waals surface area contributed by atoms with Gasteiger partial charge in [0.05, 0.1) is 13.2 Å². The van der Waals surface area contributed by atoms with Gasteiger partial charge < -0.3 is 14.3 Å². The lowest BCUT2D eigenvalue weighted by Crippen LogP contribution is -2.11. The van der Waals surface area contributed by atoms with E-state index in [2.05, 4.69) is 6.55 Å². The van der Waals surface area contributed by atoms with E-state index in [-0.39, 0.29) is 6.61 Å². The van der Waals surface area contributed by atoms with Crippen molar-refractivity contribution in [1.82, 2.24) is 0 Å². The summed E-state index contributed by atoms with van der Waals surface area (Å²) in [4.78, 5) is 0. The van der Waals surface area contributed by atoms with Crippen LogP contribution in [0.1, 0.15) is 6.42 Å². The second kappa shape index (κ2) is 8.20. The van der Waals surface area contributed by atoms with Crippen molar-refractivity contribution < 1.29 is 14.3 Å². The fraction of sp³-hybridized carbons (Fsp3) is 1.00. The van der Waals surface area contributed by atoms with Crippen molar-refractivity contribution in [2.24, 2.45) is 0 Å². The predicted octanol–water partition coefficient (Wildman–Crippen LogP) is 0.653. The Morgan fingerprint density at radius 1 is 1.36 bits per heavy atom. The molecule has 0 aliphatic heterocycles. The molecule has 0 amide bonds. The van der Waals surface area contributed by atoms with E-state index in [4.69, 9.17) is 14.3 Å². The van der Waals surface area contributed by atoms with Gasteiger partial charge in [-0.1, -0.05) is 0 Å². The van der Waals surface area contributed by atoms with Crippen LogP contribution in [0.25, 0.3) is 0 Å². The minimum absolute atomic E-state index is 0.119. The summed E-state index contributed by atoms with van der Waals surface area (Å²) in [6.45, 7) is 3.45. The van der Waals surface area contributed by atoms with Crippen LogP contribution >= 0.6 is 0 Å². The molecule has 0 fully saturated rings. The quantitative estimate of drug-likeness (QED) is 0.458. The van der Waals surface area contributed by atoms with Crippen molar-refractivity contribution in [3.05, 3.63) is 0 Å². The number of hydrogen-bond donors (Lipinski definition) is 1. The summed E-state index contributed by atoms with van der Waals surface area (Å²) >= 11 is 0. The van der Waals surface area contributed by atoms with Crippen LogP contribution in [-0.2, 0) is 9.16 Å². The van der Waals surface area contributed by atoms with E-state index >= 15 is 0 Å². The highest BCUT2D eigenvalue weighted by Crippen LogP contribution is 1.97. The molecule has 0 aromatic rings. The van der Waals surface area contributed by atoms with Gasteiger partial charge >= 0.3 is 0 Å². The summed E-state index contributed by atoms with van der Waals surface area (Å²) in [5.74, 6) is 0. The molecule has 4 heteroatoms. The van der Waals surface area contributed by atoms with E-state index in [0.717, 1.165) is 19.1 Å². The maximum Gasteiger partial charge on any atom is 0.207 e. The van der Waals surface area contributed by atoms with Crippen LogP contribution in [0.4, 0.5) is 0 Å². The molecule has 0 aliphatic rings.